The third kappa shape index (κ3) is 5.50. The van der Waals surface area contributed by atoms with Gasteiger partial charge in [-0.15, -0.1) is 0 Å². The van der Waals surface area contributed by atoms with Gasteiger partial charge in [0.1, 0.15) is 11.5 Å². The molecule has 0 aliphatic heterocycles. The maximum absolute atomic E-state index is 11.7. The van der Waals surface area contributed by atoms with Gasteiger partial charge in [0.15, 0.2) is 0 Å². The summed E-state index contributed by atoms with van der Waals surface area (Å²) in [4.78, 5) is 11.7. The molecule has 0 saturated heterocycles. The van der Waals surface area contributed by atoms with Crippen LogP contribution in [0, 0.1) is 6.92 Å². The van der Waals surface area contributed by atoms with Gasteiger partial charge in [-0.05, 0) is 78.4 Å². The van der Waals surface area contributed by atoms with Crippen LogP contribution in [0.2, 0.25) is 0 Å². The zero-order chi connectivity index (χ0) is 22.5. The fourth-order valence-corrected chi connectivity index (χ4v) is 3.02. The van der Waals surface area contributed by atoms with Crippen molar-refractivity contribution in [3.63, 3.8) is 0 Å². The van der Waals surface area contributed by atoms with Gasteiger partial charge < -0.3 is 14.6 Å². The van der Waals surface area contributed by atoms with Crippen LogP contribution in [0.15, 0.2) is 91.0 Å². The first-order chi connectivity index (χ1) is 14.7. The summed E-state index contributed by atoms with van der Waals surface area (Å²) < 4.78 is 10.7. The topological polar surface area (TPSA) is 55.8 Å². The summed E-state index contributed by atoms with van der Waals surface area (Å²) in [6.45, 7) is 12.6. The van der Waals surface area contributed by atoms with Gasteiger partial charge in [-0.3, -0.25) is 0 Å². The van der Waals surface area contributed by atoms with Crippen molar-refractivity contribution >= 4 is 5.97 Å². The first-order valence-corrected chi connectivity index (χ1v) is 9.94. The van der Waals surface area contributed by atoms with Crippen molar-refractivity contribution in [2.75, 3.05) is 0 Å². The Kier molecular flexibility index (Phi) is 6.73. The number of carbonyl (C=O) groups is 1. The fraction of sp³-hybridized carbons (Fsp3) is 0.148. The highest BCUT2D eigenvalue weighted by atomic mass is 16.6. The SMILES string of the molecule is C=C(C)C(=O)Oc1ccc(-c2ccc(-c3ccc(OC(O)C(=C)C)cc3)cc2)c(C)c1. The highest BCUT2D eigenvalue weighted by molar-refractivity contribution is 5.89. The standard InChI is InChI=1S/C27H26O4/c1-17(2)26(28)30-23-12-10-21(11-13-23)20-6-8-22(9-7-20)25-15-14-24(16-19(25)5)31-27(29)18(3)4/h6-16,26,28H,1,3H2,2,4-5H3. The molecule has 3 aromatic rings. The Hall–Kier alpha value is -3.63. The average Bonchev–Trinajstić information content (AvgIpc) is 2.74. The molecule has 31 heavy (non-hydrogen) atoms. The monoisotopic (exact) mass is 414 g/mol. The quantitative estimate of drug-likeness (QED) is 0.167. The minimum Gasteiger partial charge on any atom is -0.461 e. The van der Waals surface area contributed by atoms with E-state index in [1.807, 2.05) is 43.3 Å². The highest BCUT2D eigenvalue weighted by Crippen LogP contribution is 2.30. The van der Waals surface area contributed by atoms with Gasteiger partial charge in [0.05, 0.1) is 0 Å². The second-order valence-electron chi connectivity index (χ2n) is 7.56. The molecule has 0 saturated carbocycles. The first kappa shape index (κ1) is 22.1. The smallest absolute Gasteiger partial charge is 0.338 e. The molecule has 4 nitrogen and oxygen atoms in total. The van der Waals surface area contributed by atoms with Gasteiger partial charge in [0.25, 0.3) is 0 Å². The summed E-state index contributed by atoms with van der Waals surface area (Å²) in [7, 11) is 0. The molecule has 0 aliphatic carbocycles. The summed E-state index contributed by atoms with van der Waals surface area (Å²) >= 11 is 0. The van der Waals surface area contributed by atoms with Crippen LogP contribution in [0.5, 0.6) is 11.5 Å². The van der Waals surface area contributed by atoms with Crippen LogP contribution in [0.1, 0.15) is 19.4 Å². The summed E-state index contributed by atoms with van der Waals surface area (Å²) in [5.74, 6) is 0.658. The number of ether oxygens (including phenoxy) is 2. The van der Waals surface area contributed by atoms with Crippen LogP contribution in [0.3, 0.4) is 0 Å². The molecule has 3 rings (SSSR count). The summed E-state index contributed by atoms with van der Waals surface area (Å²) in [6.07, 6.45) is -1.01. The van der Waals surface area contributed by atoms with E-state index in [1.54, 1.807) is 19.9 Å². The van der Waals surface area contributed by atoms with Crippen LogP contribution in [-0.4, -0.2) is 17.4 Å². The Morgan fingerprint density at radius 3 is 1.87 bits per heavy atom. The molecule has 0 aromatic heterocycles. The third-order valence-electron chi connectivity index (χ3n) is 4.81. The second kappa shape index (κ2) is 9.45. The first-order valence-electron chi connectivity index (χ1n) is 9.94. The molecule has 0 aliphatic rings. The zero-order valence-electron chi connectivity index (χ0n) is 18.0. The lowest BCUT2D eigenvalue weighted by Crippen LogP contribution is -2.15. The lowest BCUT2D eigenvalue weighted by atomic mass is 9.97. The van der Waals surface area contributed by atoms with Gasteiger partial charge in [0.2, 0.25) is 6.29 Å². The maximum Gasteiger partial charge on any atom is 0.338 e. The largest absolute Gasteiger partial charge is 0.461 e. The molecule has 0 spiro atoms. The van der Waals surface area contributed by atoms with E-state index in [4.69, 9.17) is 9.47 Å². The van der Waals surface area contributed by atoms with E-state index < -0.39 is 12.3 Å². The molecule has 0 bridgehead atoms. The van der Waals surface area contributed by atoms with Crippen molar-refractivity contribution in [1.82, 2.24) is 0 Å². The third-order valence-corrected chi connectivity index (χ3v) is 4.81. The van der Waals surface area contributed by atoms with E-state index in [1.165, 1.54) is 0 Å². The lowest BCUT2D eigenvalue weighted by molar-refractivity contribution is -0.130. The average molecular weight is 415 g/mol. The van der Waals surface area contributed by atoms with E-state index in [-0.39, 0.29) is 0 Å². The van der Waals surface area contributed by atoms with Crippen LogP contribution < -0.4 is 9.47 Å². The van der Waals surface area contributed by atoms with Gasteiger partial charge in [-0.1, -0.05) is 55.6 Å². The minimum atomic E-state index is -1.01. The van der Waals surface area contributed by atoms with Gasteiger partial charge in [-0.25, -0.2) is 4.79 Å². The van der Waals surface area contributed by atoms with Crippen molar-refractivity contribution < 1.29 is 19.4 Å². The van der Waals surface area contributed by atoms with Crippen molar-refractivity contribution in [3.05, 3.63) is 96.6 Å². The number of esters is 1. The van der Waals surface area contributed by atoms with Crippen molar-refractivity contribution in [3.8, 4) is 33.8 Å². The summed E-state index contributed by atoms with van der Waals surface area (Å²) in [5, 5.41) is 9.76. The van der Waals surface area contributed by atoms with E-state index in [2.05, 4.69) is 37.4 Å². The Balaban J connectivity index is 1.75. The highest BCUT2D eigenvalue weighted by Gasteiger charge is 2.09. The molecule has 1 unspecified atom stereocenters. The van der Waals surface area contributed by atoms with Gasteiger partial charge >= 0.3 is 5.97 Å². The summed E-state index contributed by atoms with van der Waals surface area (Å²) in [6, 6.07) is 21.4. The molecule has 3 aromatic carbocycles. The minimum absolute atomic E-state index is 0.365. The zero-order valence-corrected chi connectivity index (χ0v) is 18.0. The molecule has 0 amide bonds. The number of carbonyl (C=O) groups excluding carboxylic acids is 1. The van der Waals surface area contributed by atoms with Gasteiger partial charge in [0, 0.05) is 5.57 Å². The predicted octanol–water partition coefficient (Wildman–Crippen LogP) is 6.08. The molecular formula is C27H26O4. The summed E-state index contributed by atoms with van der Waals surface area (Å²) in [5.41, 5.74) is 6.18. The second-order valence-corrected chi connectivity index (χ2v) is 7.56. The number of aliphatic hydroxyl groups is 1. The molecule has 0 fully saturated rings. The number of benzene rings is 3. The van der Waals surface area contributed by atoms with E-state index in [0.717, 1.165) is 27.8 Å². The van der Waals surface area contributed by atoms with Crippen molar-refractivity contribution in [2.45, 2.75) is 27.1 Å². The van der Waals surface area contributed by atoms with E-state index in [0.29, 0.717) is 22.6 Å². The van der Waals surface area contributed by atoms with Crippen LogP contribution in [0.25, 0.3) is 22.3 Å². The lowest BCUT2D eigenvalue weighted by Gasteiger charge is -2.13. The fourth-order valence-electron chi connectivity index (χ4n) is 3.02. The molecule has 4 heteroatoms. The number of aryl methyl sites for hydroxylation is 1. The Labute approximate surface area is 183 Å². The van der Waals surface area contributed by atoms with Crippen LogP contribution >= 0.6 is 0 Å². The van der Waals surface area contributed by atoms with Gasteiger partial charge in [-0.2, -0.15) is 0 Å². The molecule has 158 valence electrons. The Morgan fingerprint density at radius 2 is 1.35 bits per heavy atom. The van der Waals surface area contributed by atoms with Crippen molar-refractivity contribution in [2.24, 2.45) is 0 Å². The molecular weight excluding hydrogens is 388 g/mol. The van der Waals surface area contributed by atoms with E-state index >= 15 is 0 Å². The Bertz CT molecular complexity index is 1110. The number of rotatable bonds is 7. The van der Waals surface area contributed by atoms with E-state index in [9.17, 15) is 9.90 Å². The molecule has 0 radical (unpaired) electrons. The number of aliphatic hydroxyl groups excluding tert-OH is 1. The molecule has 0 heterocycles. The molecule has 1 N–H and O–H groups in total. The van der Waals surface area contributed by atoms with Crippen molar-refractivity contribution in [1.29, 1.82) is 0 Å². The maximum atomic E-state index is 11.7. The van der Waals surface area contributed by atoms with Crippen LogP contribution in [-0.2, 0) is 4.79 Å². The Morgan fingerprint density at radius 1 is 0.839 bits per heavy atom. The molecule has 1 atom stereocenters. The predicted molar refractivity (Wildman–Crippen MR) is 124 cm³/mol. The van der Waals surface area contributed by atoms with Crippen LogP contribution in [0.4, 0.5) is 0 Å². The normalized spacial score (nSPS) is 11.5. The number of hydrogen-bond donors (Lipinski definition) is 1. The number of hydrogen-bond acceptors (Lipinski definition) is 4.